The third-order valence-electron chi connectivity index (χ3n) is 2.77. The highest BCUT2D eigenvalue weighted by Gasteiger charge is 2.06. The predicted octanol–water partition coefficient (Wildman–Crippen LogP) is 3.50. The molecule has 0 amide bonds. The van der Waals surface area contributed by atoms with Gasteiger partial charge in [-0.3, -0.25) is 0 Å². The maximum atomic E-state index is 12.7. The molecule has 0 aromatic heterocycles. The Labute approximate surface area is 125 Å². The number of nitrogens with zero attached hydrogens (tertiary/aromatic N) is 1. The van der Waals surface area contributed by atoms with E-state index < -0.39 is 23.3 Å². The summed E-state index contributed by atoms with van der Waals surface area (Å²) in [6.07, 6.45) is 0.0248. The van der Waals surface area contributed by atoms with E-state index in [1.54, 1.807) is 6.07 Å². The second-order valence-corrected chi connectivity index (χ2v) is 4.27. The molecule has 0 unspecified atom stereocenters. The summed E-state index contributed by atoms with van der Waals surface area (Å²) >= 11 is 0. The van der Waals surface area contributed by atoms with Crippen LogP contribution in [0.15, 0.2) is 36.4 Å². The van der Waals surface area contributed by atoms with E-state index in [4.69, 9.17) is 11.0 Å². The largest absolute Gasteiger partial charge is 0.330 e. The molecule has 0 fully saturated rings. The number of hydrogen-bond donors (Lipinski definition) is 1. The van der Waals surface area contributed by atoms with E-state index in [1.807, 2.05) is 0 Å². The zero-order valence-corrected chi connectivity index (χ0v) is 11.6. The van der Waals surface area contributed by atoms with Gasteiger partial charge in [0.05, 0.1) is 12.5 Å². The van der Waals surface area contributed by atoms with Crippen molar-refractivity contribution in [3.63, 3.8) is 0 Å². The highest BCUT2D eigenvalue weighted by Crippen LogP contribution is 2.12. The molecular weight excluding hydrogens is 296 g/mol. The van der Waals surface area contributed by atoms with Crippen LogP contribution in [0.25, 0.3) is 0 Å². The quantitative estimate of drug-likeness (QED) is 0.882. The monoisotopic (exact) mass is 310 g/mol. The molecule has 0 aliphatic carbocycles. The minimum absolute atomic E-state index is 0.0787. The number of nitriles is 1. The lowest BCUT2D eigenvalue weighted by molar-refractivity contribution is 0.555. The lowest BCUT2D eigenvalue weighted by Crippen LogP contribution is -2.06. The van der Waals surface area contributed by atoms with Crippen LogP contribution < -0.4 is 5.73 Å². The van der Waals surface area contributed by atoms with Crippen molar-refractivity contribution in [1.82, 2.24) is 0 Å². The Hall–Kier alpha value is -2.39. The first-order chi connectivity index (χ1) is 10.5. The van der Waals surface area contributed by atoms with Crippen molar-refractivity contribution in [3.8, 4) is 6.07 Å². The smallest absolute Gasteiger partial charge is 0.130 e. The van der Waals surface area contributed by atoms with Crippen molar-refractivity contribution in [2.45, 2.75) is 12.8 Å². The Kier molecular flexibility index (Phi) is 7.06. The summed E-state index contributed by atoms with van der Waals surface area (Å²) in [7, 11) is 0. The summed E-state index contributed by atoms with van der Waals surface area (Å²) in [6, 6.07) is 9.02. The maximum Gasteiger partial charge on any atom is 0.130 e. The van der Waals surface area contributed by atoms with Crippen molar-refractivity contribution >= 4 is 0 Å². The Balaban J connectivity index is 0.000000220. The van der Waals surface area contributed by atoms with E-state index in [9.17, 15) is 17.6 Å². The van der Waals surface area contributed by atoms with Gasteiger partial charge < -0.3 is 5.73 Å². The molecule has 2 N–H and O–H groups in total. The Bertz CT molecular complexity index is 625. The molecule has 0 aliphatic rings. The van der Waals surface area contributed by atoms with Crippen LogP contribution in [-0.2, 0) is 12.8 Å². The Morgan fingerprint density at radius 3 is 1.59 bits per heavy atom. The molecule has 0 bridgehead atoms. The molecule has 116 valence electrons. The van der Waals surface area contributed by atoms with Crippen molar-refractivity contribution in [1.29, 1.82) is 5.26 Å². The second kappa shape index (κ2) is 8.80. The standard InChI is InChI=1S/C8H9F2N.C8H5F2N/c2*9-7-2-1-3-8(10)6(7)4-5-11/h1-3H,4-5,11H2;1-3H,4H2. The lowest BCUT2D eigenvalue weighted by Gasteiger charge is -2.00. The first kappa shape index (κ1) is 17.7. The molecule has 0 aliphatic heterocycles. The average molecular weight is 310 g/mol. The normalized spacial score (nSPS) is 9.64. The number of halogens is 4. The third kappa shape index (κ3) is 4.86. The number of benzene rings is 2. The molecule has 2 aromatic carbocycles. The van der Waals surface area contributed by atoms with Crippen molar-refractivity contribution in [3.05, 3.63) is 70.8 Å². The van der Waals surface area contributed by atoms with Crippen LogP contribution in [0.1, 0.15) is 11.1 Å². The highest BCUT2D eigenvalue weighted by atomic mass is 19.1. The molecule has 6 heteroatoms. The summed E-state index contributed by atoms with van der Waals surface area (Å²) in [5.41, 5.74) is 5.09. The molecule has 0 saturated carbocycles. The Morgan fingerprint density at radius 2 is 1.23 bits per heavy atom. The van der Waals surface area contributed by atoms with Crippen LogP contribution in [0, 0.1) is 34.6 Å². The lowest BCUT2D eigenvalue weighted by atomic mass is 10.1. The van der Waals surface area contributed by atoms with Gasteiger partial charge in [0.1, 0.15) is 23.3 Å². The SMILES string of the molecule is N#CCc1c(F)cccc1F.NCCc1c(F)cccc1F. The summed E-state index contributed by atoms with van der Waals surface area (Å²) < 4.78 is 50.8. The van der Waals surface area contributed by atoms with Gasteiger partial charge in [-0.25, -0.2) is 17.6 Å². The molecule has 0 saturated heterocycles. The van der Waals surface area contributed by atoms with E-state index in [1.165, 1.54) is 24.3 Å². The van der Waals surface area contributed by atoms with Gasteiger partial charge in [-0.15, -0.1) is 0 Å². The second-order valence-electron chi connectivity index (χ2n) is 4.27. The zero-order valence-electron chi connectivity index (χ0n) is 11.6. The molecule has 2 rings (SSSR count). The van der Waals surface area contributed by atoms with Crippen molar-refractivity contribution < 1.29 is 17.6 Å². The van der Waals surface area contributed by atoms with Gasteiger partial charge in [0, 0.05) is 11.1 Å². The topological polar surface area (TPSA) is 49.8 Å². The van der Waals surface area contributed by atoms with Crippen LogP contribution in [0.3, 0.4) is 0 Å². The predicted molar refractivity (Wildman–Crippen MR) is 74.8 cm³/mol. The van der Waals surface area contributed by atoms with Gasteiger partial charge in [-0.1, -0.05) is 12.1 Å². The fourth-order valence-electron chi connectivity index (χ4n) is 1.70. The van der Waals surface area contributed by atoms with Crippen LogP contribution in [0.4, 0.5) is 17.6 Å². The van der Waals surface area contributed by atoms with Crippen LogP contribution in [-0.4, -0.2) is 6.54 Å². The minimum Gasteiger partial charge on any atom is -0.330 e. The van der Waals surface area contributed by atoms with E-state index >= 15 is 0 Å². The Morgan fingerprint density at radius 1 is 0.818 bits per heavy atom. The molecular formula is C16H14F4N2. The zero-order chi connectivity index (χ0) is 16.5. The van der Waals surface area contributed by atoms with Gasteiger partial charge in [0.25, 0.3) is 0 Å². The highest BCUT2D eigenvalue weighted by molar-refractivity contribution is 5.22. The van der Waals surface area contributed by atoms with E-state index in [0.717, 1.165) is 12.1 Å². The molecule has 0 radical (unpaired) electrons. The summed E-state index contributed by atoms with van der Waals surface area (Å²) in [5, 5.41) is 8.19. The van der Waals surface area contributed by atoms with Crippen LogP contribution in [0.5, 0.6) is 0 Å². The van der Waals surface area contributed by atoms with Crippen molar-refractivity contribution in [2.75, 3.05) is 6.54 Å². The number of hydrogen-bond acceptors (Lipinski definition) is 2. The molecule has 0 heterocycles. The molecule has 2 aromatic rings. The molecule has 22 heavy (non-hydrogen) atoms. The molecule has 2 nitrogen and oxygen atoms in total. The van der Waals surface area contributed by atoms with Crippen molar-refractivity contribution in [2.24, 2.45) is 5.73 Å². The van der Waals surface area contributed by atoms with Gasteiger partial charge in [0.2, 0.25) is 0 Å². The van der Waals surface area contributed by atoms with Gasteiger partial charge in [0.15, 0.2) is 0 Å². The minimum atomic E-state index is -0.661. The summed E-state index contributed by atoms with van der Waals surface area (Å²) in [5.74, 6) is -2.36. The van der Waals surface area contributed by atoms with Crippen LogP contribution in [0.2, 0.25) is 0 Å². The van der Waals surface area contributed by atoms with Gasteiger partial charge in [-0.2, -0.15) is 5.26 Å². The van der Waals surface area contributed by atoms with Gasteiger partial charge in [-0.05, 0) is 37.2 Å². The summed E-state index contributed by atoms with van der Waals surface area (Å²) in [4.78, 5) is 0. The first-order valence-corrected chi connectivity index (χ1v) is 6.44. The molecule has 0 spiro atoms. The average Bonchev–Trinajstić information content (AvgIpc) is 2.48. The maximum absolute atomic E-state index is 12.7. The third-order valence-corrected chi connectivity index (χ3v) is 2.77. The van der Waals surface area contributed by atoms with E-state index in [-0.39, 0.29) is 30.5 Å². The van der Waals surface area contributed by atoms with Gasteiger partial charge >= 0.3 is 0 Å². The summed E-state index contributed by atoms with van der Waals surface area (Å²) in [6.45, 7) is 0.262. The first-order valence-electron chi connectivity index (χ1n) is 6.44. The van der Waals surface area contributed by atoms with E-state index in [0.29, 0.717) is 0 Å². The molecule has 0 atom stereocenters. The fraction of sp³-hybridized carbons (Fsp3) is 0.188. The number of rotatable bonds is 3. The fourth-order valence-corrected chi connectivity index (χ4v) is 1.70. The van der Waals surface area contributed by atoms with E-state index in [2.05, 4.69) is 0 Å². The number of nitrogens with two attached hydrogens (primary N) is 1. The van der Waals surface area contributed by atoms with Crippen LogP contribution >= 0.6 is 0 Å².